The normalized spacial score (nSPS) is 12.6. The third-order valence-corrected chi connectivity index (χ3v) is 4.86. The topological polar surface area (TPSA) is 0 Å². The molecule has 0 bridgehead atoms. The van der Waals surface area contributed by atoms with Crippen molar-refractivity contribution in [2.75, 3.05) is 0 Å². The Morgan fingerprint density at radius 1 is 0.750 bits per heavy atom. The highest BCUT2D eigenvalue weighted by Crippen LogP contribution is 2.42. The molecule has 0 radical (unpaired) electrons. The van der Waals surface area contributed by atoms with Crippen molar-refractivity contribution < 1.29 is 0 Å². The molecule has 20 heavy (non-hydrogen) atoms. The summed E-state index contributed by atoms with van der Waals surface area (Å²) in [5, 5.41) is 2.70. The molecule has 0 unspecified atom stereocenters. The van der Waals surface area contributed by atoms with E-state index in [0.29, 0.717) is 0 Å². The summed E-state index contributed by atoms with van der Waals surface area (Å²) in [5.41, 5.74) is 10.2. The Balaban J connectivity index is 2.07. The first kappa shape index (κ1) is 11.7. The van der Waals surface area contributed by atoms with E-state index in [1.807, 2.05) is 0 Å². The van der Waals surface area contributed by atoms with Crippen molar-refractivity contribution in [2.45, 2.75) is 27.2 Å². The van der Waals surface area contributed by atoms with Gasteiger partial charge in [0.05, 0.1) is 0 Å². The smallest absolute Gasteiger partial charge is 0.00130 e. The second kappa shape index (κ2) is 3.96. The molecule has 3 aromatic rings. The number of aryl methyl sites for hydroxylation is 1. The van der Waals surface area contributed by atoms with Crippen LogP contribution in [0, 0.1) is 20.8 Å². The third kappa shape index (κ3) is 1.48. The monoisotopic (exact) mass is 258 g/mol. The third-order valence-electron chi connectivity index (χ3n) is 4.86. The molecule has 0 spiro atoms. The molecule has 0 nitrogen and oxygen atoms in total. The highest BCUT2D eigenvalue weighted by molar-refractivity contribution is 5.92. The van der Waals surface area contributed by atoms with Gasteiger partial charge < -0.3 is 0 Å². The molecule has 0 fully saturated rings. The molecule has 0 aromatic heterocycles. The maximum Gasteiger partial charge on any atom is -0.00130 e. The minimum atomic E-state index is 1.08. The molecule has 3 aromatic carbocycles. The van der Waals surface area contributed by atoms with Gasteiger partial charge in [-0.15, -0.1) is 0 Å². The van der Waals surface area contributed by atoms with E-state index in [4.69, 9.17) is 0 Å². The van der Waals surface area contributed by atoms with Crippen molar-refractivity contribution in [3.63, 3.8) is 0 Å². The van der Waals surface area contributed by atoms with E-state index in [-0.39, 0.29) is 0 Å². The Labute approximate surface area is 120 Å². The molecule has 0 saturated carbocycles. The van der Waals surface area contributed by atoms with Gasteiger partial charge in [0.2, 0.25) is 0 Å². The van der Waals surface area contributed by atoms with E-state index in [0.717, 1.165) is 6.42 Å². The summed E-state index contributed by atoms with van der Waals surface area (Å²) in [6.07, 6.45) is 1.08. The van der Waals surface area contributed by atoms with Crippen LogP contribution in [0.25, 0.3) is 21.9 Å². The zero-order valence-corrected chi connectivity index (χ0v) is 12.2. The van der Waals surface area contributed by atoms with Crippen LogP contribution in [0.15, 0.2) is 42.5 Å². The standard InChI is InChI=1S/C20H18/c1-12-8-18-10-17-9-15-6-4-5-7-16(15)11-19(17)20(18)14(3)13(12)2/h4-9,11H,10H2,1-3H3. The summed E-state index contributed by atoms with van der Waals surface area (Å²) < 4.78 is 0. The molecule has 98 valence electrons. The van der Waals surface area contributed by atoms with Crippen LogP contribution in [0.2, 0.25) is 0 Å². The van der Waals surface area contributed by atoms with Gasteiger partial charge in [0, 0.05) is 0 Å². The van der Waals surface area contributed by atoms with Crippen molar-refractivity contribution in [2.24, 2.45) is 0 Å². The van der Waals surface area contributed by atoms with Gasteiger partial charge in [0.25, 0.3) is 0 Å². The highest BCUT2D eigenvalue weighted by atomic mass is 14.3. The second-order valence-electron chi connectivity index (χ2n) is 6.01. The van der Waals surface area contributed by atoms with Gasteiger partial charge in [-0.05, 0) is 83.0 Å². The lowest BCUT2D eigenvalue weighted by atomic mass is 9.92. The van der Waals surface area contributed by atoms with Crippen molar-refractivity contribution >= 4 is 10.8 Å². The molecule has 0 atom stereocenters. The minimum Gasteiger partial charge on any atom is -0.0616 e. The Morgan fingerprint density at radius 2 is 1.45 bits per heavy atom. The molecule has 0 saturated heterocycles. The zero-order valence-electron chi connectivity index (χ0n) is 12.2. The van der Waals surface area contributed by atoms with Crippen LogP contribution in [0.1, 0.15) is 27.8 Å². The number of benzene rings is 3. The zero-order chi connectivity index (χ0) is 13.9. The fourth-order valence-electron chi connectivity index (χ4n) is 3.55. The molecule has 0 amide bonds. The van der Waals surface area contributed by atoms with Crippen LogP contribution in [-0.2, 0) is 6.42 Å². The lowest BCUT2D eigenvalue weighted by Crippen LogP contribution is -1.92. The van der Waals surface area contributed by atoms with Crippen LogP contribution >= 0.6 is 0 Å². The van der Waals surface area contributed by atoms with E-state index in [1.165, 1.54) is 49.7 Å². The van der Waals surface area contributed by atoms with E-state index < -0.39 is 0 Å². The van der Waals surface area contributed by atoms with Gasteiger partial charge in [-0.1, -0.05) is 36.4 Å². The average Bonchev–Trinajstić information content (AvgIpc) is 2.79. The van der Waals surface area contributed by atoms with Gasteiger partial charge in [-0.25, -0.2) is 0 Å². The van der Waals surface area contributed by atoms with E-state index >= 15 is 0 Å². The summed E-state index contributed by atoms with van der Waals surface area (Å²) in [5.74, 6) is 0. The van der Waals surface area contributed by atoms with Crippen LogP contribution in [0.4, 0.5) is 0 Å². The van der Waals surface area contributed by atoms with Gasteiger partial charge in [-0.3, -0.25) is 0 Å². The summed E-state index contributed by atoms with van der Waals surface area (Å²) in [6.45, 7) is 6.73. The first-order valence-electron chi connectivity index (χ1n) is 7.27. The van der Waals surface area contributed by atoms with Crippen LogP contribution < -0.4 is 0 Å². The Morgan fingerprint density at radius 3 is 2.20 bits per heavy atom. The largest absolute Gasteiger partial charge is 0.0616 e. The molecule has 1 aliphatic rings. The van der Waals surface area contributed by atoms with Gasteiger partial charge in [-0.2, -0.15) is 0 Å². The fraction of sp³-hybridized carbons (Fsp3) is 0.200. The van der Waals surface area contributed by atoms with Crippen molar-refractivity contribution in [3.8, 4) is 11.1 Å². The van der Waals surface area contributed by atoms with Gasteiger partial charge in [0.15, 0.2) is 0 Å². The lowest BCUT2D eigenvalue weighted by Gasteiger charge is -2.12. The Bertz CT molecular complexity index is 854. The van der Waals surface area contributed by atoms with Gasteiger partial charge in [0.1, 0.15) is 0 Å². The first-order valence-corrected chi connectivity index (χ1v) is 7.27. The maximum atomic E-state index is 2.38. The van der Waals surface area contributed by atoms with Crippen LogP contribution in [0.5, 0.6) is 0 Å². The predicted molar refractivity (Wildman–Crippen MR) is 86.4 cm³/mol. The molecule has 0 heterocycles. The molecule has 1 aliphatic carbocycles. The van der Waals surface area contributed by atoms with E-state index in [9.17, 15) is 0 Å². The number of fused-ring (bicyclic) bond motifs is 4. The number of hydrogen-bond donors (Lipinski definition) is 0. The molecule has 0 aliphatic heterocycles. The highest BCUT2D eigenvalue weighted by Gasteiger charge is 2.22. The van der Waals surface area contributed by atoms with Crippen molar-refractivity contribution in [3.05, 3.63) is 70.3 Å². The van der Waals surface area contributed by atoms with Gasteiger partial charge >= 0.3 is 0 Å². The van der Waals surface area contributed by atoms with Crippen molar-refractivity contribution in [1.82, 2.24) is 0 Å². The van der Waals surface area contributed by atoms with Crippen molar-refractivity contribution in [1.29, 1.82) is 0 Å². The van der Waals surface area contributed by atoms with Crippen LogP contribution in [0.3, 0.4) is 0 Å². The molecule has 4 rings (SSSR count). The minimum absolute atomic E-state index is 1.08. The summed E-state index contributed by atoms with van der Waals surface area (Å²) in [4.78, 5) is 0. The first-order chi connectivity index (χ1) is 9.65. The fourth-order valence-corrected chi connectivity index (χ4v) is 3.55. The van der Waals surface area contributed by atoms with E-state index in [2.05, 4.69) is 63.2 Å². The predicted octanol–water partition coefficient (Wildman–Crippen LogP) is 5.34. The molecule has 0 heteroatoms. The SMILES string of the molecule is Cc1cc2c(c(C)c1C)-c1cc3ccccc3cc1C2. The maximum absolute atomic E-state index is 2.38. The quantitative estimate of drug-likeness (QED) is 0.399. The van der Waals surface area contributed by atoms with E-state index in [1.54, 1.807) is 0 Å². The number of hydrogen-bond acceptors (Lipinski definition) is 0. The molecular weight excluding hydrogens is 240 g/mol. The molecular formula is C20H18. The summed E-state index contributed by atoms with van der Waals surface area (Å²) in [7, 11) is 0. The average molecular weight is 258 g/mol. The lowest BCUT2D eigenvalue weighted by molar-refractivity contribution is 1.21. The summed E-state index contributed by atoms with van der Waals surface area (Å²) >= 11 is 0. The Hall–Kier alpha value is -2.08. The van der Waals surface area contributed by atoms with Crippen LogP contribution in [-0.4, -0.2) is 0 Å². The Kier molecular flexibility index (Phi) is 2.32. The molecule has 0 N–H and O–H groups in total. The second-order valence-corrected chi connectivity index (χ2v) is 6.01. The number of rotatable bonds is 0. The summed E-state index contributed by atoms with van der Waals surface area (Å²) in [6, 6.07) is 15.8.